The Labute approximate surface area is 155 Å². The molecule has 1 aromatic heterocycles. The van der Waals surface area contributed by atoms with Crippen molar-refractivity contribution in [1.29, 1.82) is 0 Å². The van der Waals surface area contributed by atoms with Gasteiger partial charge in [0.05, 0.1) is 11.2 Å². The van der Waals surface area contributed by atoms with E-state index >= 15 is 0 Å². The highest BCUT2D eigenvalue weighted by molar-refractivity contribution is 6.10. The third kappa shape index (κ3) is 4.88. The van der Waals surface area contributed by atoms with Gasteiger partial charge in [0.15, 0.2) is 0 Å². The Morgan fingerprint density at radius 1 is 0.852 bits per heavy atom. The Bertz CT molecular complexity index is 1010. The number of hydrogen-bond acceptors (Lipinski definition) is 4. The molecule has 0 saturated heterocycles. The molecule has 0 aliphatic rings. The number of nitrogens with one attached hydrogen (secondary N) is 3. The Morgan fingerprint density at radius 3 is 2.30 bits per heavy atom. The quantitative estimate of drug-likeness (QED) is 0.607. The lowest BCUT2D eigenvalue weighted by atomic mass is 10.2. The molecule has 0 fully saturated rings. The number of aromatic nitrogens is 1. The molecule has 7 nitrogen and oxygen atoms in total. The number of rotatable bonds is 5. The molecule has 0 radical (unpaired) electrons. The van der Waals surface area contributed by atoms with Gasteiger partial charge in [-0.3, -0.25) is 19.4 Å². The smallest absolute Gasteiger partial charge is 0.233 e. The lowest BCUT2D eigenvalue weighted by Gasteiger charge is -2.09. The van der Waals surface area contributed by atoms with Crippen molar-refractivity contribution in [2.24, 2.45) is 0 Å². The summed E-state index contributed by atoms with van der Waals surface area (Å²) in [4.78, 5) is 39.7. The van der Waals surface area contributed by atoms with Gasteiger partial charge in [-0.1, -0.05) is 24.3 Å². The first-order valence-electron chi connectivity index (χ1n) is 8.32. The highest BCUT2D eigenvalue weighted by atomic mass is 16.2. The molecule has 0 bridgehead atoms. The zero-order valence-electron chi connectivity index (χ0n) is 14.7. The summed E-state index contributed by atoms with van der Waals surface area (Å²) in [5, 5.41) is 8.89. The average Bonchev–Trinajstić information content (AvgIpc) is 2.61. The summed E-state index contributed by atoms with van der Waals surface area (Å²) in [7, 11) is 0. The Hall–Kier alpha value is -3.74. The zero-order chi connectivity index (χ0) is 19.2. The van der Waals surface area contributed by atoms with E-state index in [-0.39, 0.29) is 12.3 Å². The minimum atomic E-state index is -0.458. The van der Waals surface area contributed by atoms with Gasteiger partial charge in [-0.05, 0) is 30.3 Å². The summed E-state index contributed by atoms with van der Waals surface area (Å²) < 4.78 is 0. The summed E-state index contributed by atoms with van der Waals surface area (Å²) in [5.41, 5.74) is 2.27. The Balaban J connectivity index is 1.62. The number of anilines is 3. The van der Waals surface area contributed by atoms with E-state index in [2.05, 4.69) is 20.9 Å². The fourth-order valence-corrected chi connectivity index (χ4v) is 2.63. The predicted octanol–water partition coefficient (Wildman–Crippen LogP) is 3.16. The van der Waals surface area contributed by atoms with Crippen LogP contribution in [0.15, 0.2) is 60.8 Å². The lowest BCUT2D eigenvalue weighted by molar-refractivity contribution is -0.123. The van der Waals surface area contributed by atoms with Gasteiger partial charge in [0, 0.05) is 29.9 Å². The van der Waals surface area contributed by atoms with Crippen LogP contribution in [0.1, 0.15) is 13.3 Å². The number of pyridine rings is 1. The molecular weight excluding hydrogens is 344 g/mol. The van der Waals surface area contributed by atoms with E-state index in [4.69, 9.17) is 0 Å². The van der Waals surface area contributed by atoms with Crippen LogP contribution >= 0.6 is 0 Å². The van der Waals surface area contributed by atoms with E-state index in [0.29, 0.717) is 22.6 Å². The number of benzene rings is 2. The Kier molecular flexibility index (Phi) is 5.41. The maximum atomic E-state index is 12.2. The molecule has 7 heteroatoms. The molecule has 3 aromatic rings. The molecule has 3 rings (SSSR count). The average molecular weight is 362 g/mol. The zero-order valence-corrected chi connectivity index (χ0v) is 14.7. The molecule has 0 unspecified atom stereocenters. The van der Waals surface area contributed by atoms with Crippen molar-refractivity contribution < 1.29 is 14.4 Å². The first-order chi connectivity index (χ1) is 13.0. The monoisotopic (exact) mass is 362 g/mol. The maximum Gasteiger partial charge on any atom is 0.233 e. The topological polar surface area (TPSA) is 100 Å². The molecular formula is C20H18N4O3. The van der Waals surface area contributed by atoms with Crippen molar-refractivity contribution >= 4 is 45.7 Å². The highest BCUT2D eigenvalue weighted by Gasteiger charge is 2.12. The van der Waals surface area contributed by atoms with Crippen molar-refractivity contribution in [2.45, 2.75) is 13.3 Å². The summed E-state index contributed by atoms with van der Waals surface area (Å²) in [6, 6.07) is 15.9. The number of carbonyl (C=O) groups excluding carboxylic acids is 3. The number of para-hydroxylation sites is 1. The lowest BCUT2D eigenvalue weighted by Crippen LogP contribution is -2.21. The van der Waals surface area contributed by atoms with Crippen molar-refractivity contribution in [3.63, 3.8) is 0 Å². The van der Waals surface area contributed by atoms with E-state index < -0.39 is 11.8 Å². The normalized spacial score (nSPS) is 10.3. The van der Waals surface area contributed by atoms with Gasteiger partial charge in [0.1, 0.15) is 6.42 Å². The number of fused-ring (bicyclic) bond motifs is 1. The standard InChI is InChI=1S/C20H18N4O3/c1-13(25)22-15-7-3-8-16(11-15)23-18(26)12-19(27)24-17-9-2-5-14-6-4-10-21-20(14)17/h2-11H,12H2,1H3,(H,22,25)(H,23,26)(H,24,27). The predicted molar refractivity (Wildman–Crippen MR) is 104 cm³/mol. The van der Waals surface area contributed by atoms with Crippen LogP contribution < -0.4 is 16.0 Å². The van der Waals surface area contributed by atoms with Gasteiger partial charge in [0.25, 0.3) is 0 Å². The van der Waals surface area contributed by atoms with Crippen LogP contribution in [-0.4, -0.2) is 22.7 Å². The Morgan fingerprint density at radius 2 is 1.52 bits per heavy atom. The van der Waals surface area contributed by atoms with Crippen molar-refractivity contribution in [2.75, 3.05) is 16.0 Å². The maximum absolute atomic E-state index is 12.2. The number of hydrogen-bond donors (Lipinski definition) is 3. The molecule has 0 spiro atoms. The van der Waals surface area contributed by atoms with Gasteiger partial charge in [-0.2, -0.15) is 0 Å². The summed E-state index contributed by atoms with van der Waals surface area (Å²) in [6.07, 6.45) is 1.31. The molecule has 27 heavy (non-hydrogen) atoms. The van der Waals surface area contributed by atoms with Gasteiger partial charge in [-0.15, -0.1) is 0 Å². The van der Waals surface area contributed by atoms with Crippen LogP contribution in [0.5, 0.6) is 0 Å². The van der Waals surface area contributed by atoms with Gasteiger partial charge in [-0.25, -0.2) is 0 Å². The van der Waals surface area contributed by atoms with Crippen LogP contribution in [0.4, 0.5) is 17.1 Å². The van der Waals surface area contributed by atoms with Gasteiger partial charge < -0.3 is 16.0 Å². The fraction of sp³-hybridized carbons (Fsp3) is 0.100. The molecule has 0 atom stereocenters. The summed E-state index contributed by atoms with van der Waals surface area (Å²) in [6.45, 7) is 1.40. The molecule has 2 aromatic carbocycles. The van der Waals surface area contributed by atoms with Crippen molar-refractivity contribution in [1.82, 2.24) is 4.98 Å². The van der Waals surface area contributed by atoms with E-state index in [1.807, 2.05) is 24.3 Å². The third-order valence-electron chi connectivity index (χ3n) is 3.69. The first-order valence-corrected chi connectivity index (χ1v) is 8.32. The SMILES string of the molecule is CC(=O)Nc1cccc(NC(=O)CC(=O)Nc2cccc3cccnc23)c1. The second-order valence-corrected chi connectivity index (χ2v) is 5.92. The van der Waals surface area contributed by atoms with Crippen molar-refractivity contribution in [3.05, 3.63) is 60.8 Å². The minimum absolute atomic E-state index is 0.207. The summed E-state index contributed by atoms with van der Waals surface area (Å²) >= 11 is 0. The minimum Gasteiger partial charge on any atom is -0.326 e. The third-order valence-corrected chi connectivity index (χ3v) is 3.69. The van der Waals surface area contributed by atoms with E-state index in [0.717, 1.165) is 5.39 Å². The second-order valence-electron chi connectivity index (χ2n) is 5.92. The van der Waals surface area contributed by atoms with Crippen molar-refractivity contribution in [3.8, 4) is 0 Å². The molecule has 3 amide bonds. The second kappa shape index (κ2) is 8.09. The fourth-order valence-electron chi connectivity index (χ4n) is 2.63. The highest BCUT2D eigenvalue weighted by Crippen LogP contribution is 2.21. The van der Waals surface area contributed by atoms with Crippen LogP contribution in [0, 0.1) is 0 Å². The van der Waals surface area contributed by atoms with Gasteiger partial charge >= 0.3 is 0 Å². The van der Waals surface area contributed by atoms with Crippen LogP contribution in [0.3, 0.4) is 0 Å². The molecule has 3 N–H and O–H groups in total. The van der Waals surface area contributed by atoms with E-state index in [1.165, 1.54) is 6.92 Å². The largest absolute Gasteiger partial charge is 0.326 e. The van der Waals surface area contributed by atoms with E-state index in [9.17, 15) is 14.4 Å². The number of nitrogens with zero attached hydrogens (tertiary/aromatic N) is 1. The molecule has 0 aliphatic carbocycles. The molecule has 136 valence electrons. The van der Waals surface area contributed by atoms with Crippen LogP contribution in [-0.2, 0) is 14.4 Å². The molecule has 0 aliphatic heterocycles. The number of carbonyl (C=O) groups is 3. The van der Waals surface area contributed by atoms with Crippen LogP contribution in [0.2, 0.25) is 0 Å². The van der Waals surface area contributed by atoms with Crippen LogP contribution in [0.25, 0.3) is 10.9 Å². The van der Waals surface area contributed by atoms with E-state index in [1.54, 1.807) is 36.5 Å². The first kappa shape index (κ1) is 18.1. The summed E-state index contributed by atoms with van der Waals surface area (Å²) in [5.74, 6) is -1.11. The van der Waals surface area contributed by atoms with Gasteiger partial charge in [0.2, 0.25) is 17.7 Å². The molecule has 0 saturated carbocycles. The number of amides is 3. The molecule has 1 heterocycles.